The molecule has 1 aliphatic heterocycles. The summed E-state index contributed by atoms with van der Waals surface area (Å²) in [6.45, 7) is 4.93. The third-order valence-corrected chi connectivity index (χ3v) is 4.24. The quantitative estimate of drug-likeness (QED) is 0.857. The van der Waals surface area contributed by atoms with E-state index in [9.17, 15) is 0 Å². The lowest BCUT2D eigenvalue weighted by Gasteiger charge is -2.27. The molecule has 0 unspecified atom stereocenters. The number of fused-ring (bicyclic) bond motifs is 1. The van der Waals surface area contributed by atoms with Gasteiger partial charge in [0.2, 0.25) is 0 Å². The lowest BCUT2D eigenvalue weighted by Crippen LogP contribution is -2.30. The Morgan fingerprint density at radius 1 is 1.56 bits per heavy atom. The van der Waals surface area contributed by atoms with Crippen molar-refractivity contribution in [3.05, 3.63) is 38.3 Å². The number of hydrogen-bond donors (Lipinski definition) is 1. The maximum absolute atomic E-state index is 5.05. The van der Waals surface area contributed by atoms with Gasteiger partial charge in [0.1, 0.15) is 5.01 Å². The second-order valence-corrected chi connectivity index (χ2v) is 5.86. The van der Waals surface area contributed by atoms with Crippen LogP contribution in [0.15, 0.2) is 11.6 Å². The van der Waals surface area contributed by atoms with Crippen LogP contribution in [-0.4, -0.2) is 26.4 Å². The maximum atomic E-state index is 5.05. The van der Waals surface area contributed by atoms with Gasteiger partial charge in [0.25, 0.3) is 0 Å². The fourth-order valence-electron chi connectivity index (χ4n) is 2.21. The van der Waals surface area contributed by atoms with Gasteiger partial charge in [-0.25, -0.2) is 9.97 Å². The number of aromatic amines is 1. The Hall–Kier alpha value is -1.11. The Balaban J connectivity index is 1.75. The number of aryl methyl sites for hydroxylation is 1. The molecule has 0 saturated heterocycles. The van der Waals surface area contributed by atoms with E-state index >= 15 is 0 Å². The van der Waals surface area contributed by atoms with Gasteiger partial charge in [-0.3, -0.25) is 4.90 Å². The van der Waals surface area contributed by atoms with Gasteiger partial charge in [0, 0.05) is 48.0 Å². The van der Waals surface area contributed by atoms with Crippen LogP contribution in [0.5, 0.6) is 0 Å². The summed E-state index contributed by atoms with van der Waals surface area (Å²) in [4.78, 5) is 14.3. The van der Waals surface area contributed by atoms with E-state index < -0.39 is 0 Å². The fourth-order valence-corrected chi connectivity index (χ4v) is 3.20. The smallest absolute Gasteiger partial charge is 0.196 e. The summed E-state index contributed by atoms with van der Waals surface area (Å²) in [5.74, 6) is 0. The zero-order valence-electron chi connectivity index (χ0n) is 10.1. The zero-order chi connectivity index (χ0) is 12.5. The van der Waals surface area contributed by atoms with E-state index in [1.165, 1.54) is 16.3 Å². The Morgan fingerprint density at radius 2 is 2.44 bits per heavy atom. The summed E-state index contributed by atoms with van der Waals surface area (Å²) < 4.78 is 0.581. The Morgan fingerprint density at radius 3 is 3.22 bits per heavy atom. The summed E-state index contributed by atoms with van der Waals surface area (Å²) in [7, 11) is 0. The average Bonchev–Trinajstić information content (AvgIpc) is 2.75. The number of hydrogen-bond acceptors (Lipinski definition) is 5. The summed E-state index contributed by atoms with van der Waals surface area (Å²) >= 11 is 6.78. The lowest BCUT2D eigenvalue weighted by atomic mass is 10.1. The molecule has 0 radical (unpaired) electrons. The van der Waals surface area contributed by atoms with E-state index in [2.05, 4.69) is 25.2 Å². The topological polar surface area (TPSA) is 44.8 Å². The van der Waals surface area contributed by atoms with E-state index in [1.807, 2.05) is 13.1 Å². The van der Waals surface area contributed by atoms with Crippen molar-refractivity contribution in [2.24, 2.45) is 0 Å². The first kappa shape index (κ1) is 12.0. The van der Waals surface area contributed by atoms with Crippen molar-refractivity contribution in [1.29, 1.82) is 0 Å². The first-order chi connectivity index (χ1) is 8.70. The molecular weight excluding hydrogens is 264 g/mol. The van der Waals surface area contributed by atoms with Crippen LogP contribution in [0.1, 0.15) is 22.0 Å². The van der Waals surface area contributed by atoms with Crippen LogP contribution in [0, 0.1) is 11.7 Å². The molecule has 3 rings (SSSR count). The summed E-state index contributed by atoms with van der Waals surface area (Å²) in [6.07, 6.45) is 2.90. The van der Waals surface area contributed by atoms with Crippen LogP contribution in [-0.2, 0) is 19.5 Å². The van der Waals surface area contributed by atoms with Gasteiger partial charge in [-0.15, -0.1) is 11.3 Å². The minimum atomic E-state index is 0.581. The van der Waals surface area contributed by atoms with Gasteiger partial charge in [-0.2, -0.15) is 0 Å². The molecule has 0 spiro atoms. The molecule has 0 aromatic carbocycles. The van der Waals surface area contributed by atoms with Gasteiger partial charge in [0.05, 0.1) is 6.54 Å². The van der Waals surface area contributed by atoms with Crippen molar-refractivity contribution >= 4 is 23.6 Å². The van der Waals surface area contributed by atoms with Crippen molar-refractivity contribution in [2.75, 3.05) is 6.54 Å². The van der Waals surface area contributed by atoms with E-state index in [-0.39, 0.29) is 0 Å². The molecule has 2 aromatic heterocycles. The van der Waals surface area contributed by atoms with E-state index in [0.29, 0.717) is 4.77 Å². The highest BCUT2D eigenvalue weighted by Gasteiger charge is 2.17. The van der Waals surface area contributed by atoms with Crippen LogP contribution < -0.4 is 0 Å². The molecule has 1 aliphatic rings. The van der Waals surface area contributed by atoms with Crippen LogP contribution in [0.3, 0.4) is 0 Å². The van der Waals surface area contributed by atoms with Crippen molar-refractivity contribution in [2.45, 2.75) is 26.4 Å². The molecule has 18 heavy (non-hydrogen) atoms. The maximum Gasteiger partial charge on any atom is 0.196 e. The average molecular weight is 278 g/mol. The molecule has 0 saturated carbocycles. The van der Waals surface area contributed by atoms with Gasteiger partial charge in [-0.05, 0) is 19.1 Å². The van der Waals surface area contributed by atoms with Crippen molar-refractivity contribution in [3.8, 4) is 0 Å². The summed E-state index contributed by atoms with van der Waals surface area (Å²) in [5.41, 5.74) is 3.60. The molecule has 0 aliphatic carbocycles. The second-order valence-electron chi connectivity index (χ2n) is 4.54. The molecule has 6 heteroatoms. The Bertz CT molecular complexity index is 617. The van der Waals surface area contributed by atoms with Gasteiger partial charge in [-0.1, -0.05) is 0 Å². The number of H-pyrrole nitrogens is 1. The van der Waals surface area contributed by atoms with Crippen LogP contribution in [0.4, 0.5) is 0 Å². The third kappa shape index (κ3) is 2.50. The SMILES string of the molecule is Cc1csc(CN2CCc3[nH]c(=S)ncc3C2)n1. The third-order valence-electron chi connectivity index (χ3n) is 3.08. The van der Waals surface area contributed by atoms with Crippen molar-refractivity contribution in [3.63, 3.8) is 0 Å². The second kappa shape index (κ2) is 4.87. The number of aromatic nitrogens is 3. The lowest BCUT2D eigenvalue weighted by molar-refractivity contribution is 0.242. The van der Waals surface area contributed by atoms with Gasteiger partial charge < -0.3 is 4.98 Å². The Labute approximate surface area is 115 Å². The molecule has 2 aromatic rings. The Kier molecular flexibility index (Phi) is 3.23. The molecule has 1 N–H and O–H groups in total. The van der Waals surface area contributed by atoms with Crippen molar-refractivity contribution < 1.29 is 0 Å². The highest BCUT2D eigenvalue weighted by atomic mass is 32.1. The summed E-state index contributed by atoms with van der Waals surface area (Å²) in [5, 5.41) is 3.29. The molecule has 94 valence electrons. The highest BCUT2D eigenvalue weighted by molar-refractivity contribution is 7.71. The molecule has 0 bridgehead atoms. The standard InChI is InChI=1S/C12H14N4S2/c1-8-7-18-11(14-8)6-16-3-2-10-9(5-16)4-13-12(17)15-10/h4,7H,2-3,5-6H2,1H3,(H,13,15,17). The number of rotatable bonds is 2. The number of nitrogens with zero attached hydrogens (tertiary/aromatic N) is 3. The van der Waals surface area contributed by atoms with E-state index in [0.717, 1.165) is 31.7 Å². The molecule has 0 atom stereocenters. The zero-order valence-corrected chi connectivity index (χ0v) is 11.8. The fraction of sp³-hybridized carbons (Fsp3) is 0.417. The van der Waals surface area contributed by atoms with Crippen LogP contribution in [0.2, 0.25) is 0 Å². The first-order valence-electron chi connectivity index (χ1n) is 5.91. The van der Waals surface area contributed by atoms with Crippen LogP contribution in [0.25, 0.3) is 0 Å². The number of nitrogens with one attached hydrogen (secondary N) is 1. The van der Waals surface area contributed by atoms with Crippen molar-refractivity contribution in [1.82, 2.24) is 19.9 Å². The molecule has 0 fully saturated rings. The predicted octanol–water partition coefficient (Wildman–Crippen LogP) is 2.46. The minimum Gasteiger partial charge on any atom is -0.334 e. The molecule has 4 nitrogen and oxygen atoms in total. The summed E-state index contributed by atoms with van der Waals surface area (Å²) in [6, 6.07) is 0. The molecular formula is C12H14N4S2. The van der Waals surface area contributed by atoms with Gasteiger partial charge in [0.15, 0.2) is 4.77 Å². The van der Waals surface area contributed by atoms with E-state index in [1.54, 1.807) is 11.3 Å². The highest BCUT2D eigenvalue weighted by Crippen LogP contribution is 2.19. The number of thiazole rings is 1. The first-order valence-corrected chi connectivity index (χ1v) is 7.20. The van der Waals surface area contributed by atoms with E-state index in [4.69, 9.17) is 12.2 Å². The van der Waals surface area contributed by atoms with Crippen LogP contribution >= 0.6 is 23.6 Å². The predicted molar refractivity (Wildman–Crippen MR) is 74.1 cm³/mol. The largest absolute Gasteiger partial charge is 0.334 e. The van der Waals surface area contributed by atoms with Gasteiger partial charge >= 0.3 is 0 Å². The molecule has 0 amide bonds. The monoisotopic (exact) mass is 278 g/mol. The normalized spacial score (nSPS) is 15.6. The molecule has 3 heterocycles. The minimum absolute atomic E-state index is 0.581.